The van der Waals surface area contributed by atoms with E-state index in [2.05, 4.69) is 16.0 Å². The van der Waals surface area contributed by atoms with Crippen LogP contribution in [0, 0.1) is 0 Å². The molecule has 0 fully saturated rings. The first-order valence-corrected chi connectivity index (χ1v) is 11.5. The Bertz CT molecular complexity index is 1030. The molecule has 4 atom stereocenters. The van der Waals surface area contributed by atoms with E-state index in [1.54, 1.807) is 30.3 Å². The van der Waals surface area contributed by atoms with E-state index in [-0.39, 0.29) is 32.1 Å². The summed E-state index contributed by atoms with van der Waals surface area (Å²) in [5.41, 5.74) is 16.5. The lowest BCUT2D eigenvalue weighted by molar-refractivity contribution is -0.144. The van der Waals surface area contributed by atoms with Gasteiger partial charge >= 0.3 is 11.9 Å². The van der Waals surface area contributed by atoms with Crippen LogP contribution >= 0.6 is 0 Å². The number of aliphatic carboxylic acids is 2. The van der Waals surface area contributed by atoms with Crippen LogP contribution in [0.15, 0.2) is 30.3 Å². The van der Waals surface area contributed by atoms with Crippen molar-refractivity contribution in [1.82, 2.24) is 16.0 Å². The van der Waals surface area contributed by atoms with Gasteiger partial charge in [-0.15, -0.1) is 0 Å². The largest absolute Gasteiger partial charge is 0.481 e. The van der Waals surface area contributed by atoms with Gasteiger partial charge in [-0.3, -0.25) is 28.8 Å². The fourth-order valence-electron chi connectivity index (χ4n) is 3.24. The highest BCUT2D eigenvalue weighted by Crippen LogP contribution is 2.07. The van der Waals surface area contributed by atoms with Gasteiger partial charge in [0.05, 0.1) is 12.5 Å². The maximum absolute atomic E-state index is 13.1. The lowest BCUT2D eigenvalue weighted by Gasteiger charge is -2.24. The third-order valence-corrected chi connectivity index (χ3v) is 5.26. The Kier molecular flexibility index (Phi) is 12.9. The molecular formula is C23H32N6O9. The Balaban J connectivity index is 3.09. The first-order valence-electron chi connectivity index (χ1n) is 11.5. The lowest BCUT2D eigenvalue weighted by Crippen LogP contribution is -2.58. The second kappa shape index (κ2) is 15.6. The Hall–Kier alpha value is -4.53. The number of primary amides is 2. The SMILES string of the molecule is NC(=O)CCC(N)C(=O)NC(Cc1ccccc1)C(=O)NC(CC(=O)O)C(=O)NC(CCC(N)=O)C(=O)O. The van der Waals surface area contributed by atoms with Crippen molar-refractivity contribution in [1.29, 1.82) is 0 Å². The van der Waals surface area contributed by atoms with Gasteiger partial charge in [-0.05, 0) is 18.4 Å². The van der Waals surface area contributed by atoms with Crippen LogP contribution in [0.2, 0.25) is 0 Å². The summed E-state index contributed by atoms with van der Waals surface area (Å²) in [5.74, 6) is -7.35. The predicted molar refractivity (Wildman–Crippen MR) is 131 cm³/mol. The Morgan fingerprint density at radius 3 is 1.74 bits per heavy atom. The second-order valence-electron chi connectivity index (χ2n) is 8.43. The molecule has 15 nitrogen and oxygen atoms in total. The number of carboxylic acid groups (broad SMARTS) is 2. The van der Waals surface area contributed by atoms with Gasteiger partial charge in [-0.2, -0.15) is 0 Å². The molecule has 0 aliphatic carbocycles. The summed E-state index contributed by atoms with van der Waals surface area (Å²) in [6, 6.07) is 2.61. The third kappa shape index (κ3) is 11.9. The standard InChI is InChI=1S/C23H32N6O9/c24-13(6-8-17(25)30)20(34)28-15(10-12-4-2-1-3-5-12)21(35)29-16(11-19(32)33)22(36)27-14(23(37)38)7-9-18(26)31/h1-5,13-16H,6-11,24H2,(H2,25,30)(H2,26,31)(H,27,36)(H,28,34)(H,29,35)(H,32,33)(H,37,38). The van der Waals surface area contributed by atoms with Crippen LogP contribution in [0.5, 0.6) is 0 Å². The van der Waals surface area contributed by atoms with Crippen molar-refractivity contribution in [2.45, 2.75) is 62.7 Å². The van der Waals surface area contributed by atoms with E-state index >= 15 is 0 Å². The van der Waals surface area contributed by atoms with E-state index < -0.39 is 72.1 Å². The number of hydrogen-bond acceptors (Lipinski definition) is 8. The molecule has 1 rings (SSSR count). The summed E-state index contributed by atoms with van der Waals surface area (Å²) in [6.07, 6.45) is -1.98. The zero-order valence-electron chi connectivity index (χ0n) is 20.4. The Morgan fingerprint density at radius 1 is 0.711 bits per heavy atom. The molecular weight excluding hydrogens is 504 g/mol. The van der Waals surface area contributed by atoms with Crippen LogP contribution in [-0.2, 0) is 40.0 Å². The minimum Gasteiger partial charge on any atom is -0.481 e. The quantitative estimate of drug-likeness (QED) is 0.100. The zero-order valence-corrected chi connectivity index (χ0v) is 20.4. The van der Waals surface area contributed by atoms with Gasteiger partial charge in [0, 0.05) is 19.3 Å². The van der Waals surface area contributed by atoms with Crippen molar-refractivity contribution >= 4 is 41.5 Å². The number of hydrogen-bond donors (Lipinski definition) is 8. The minimum atomic E-state index is -1.73. The molecule has 1 aromatic carbocycles. The van der Waals surface area contributed by atoms with Crippen LogP contribution in [0.25, 0.3) is 0 Å². The first kappa shape index (κ1) is 31.5. The van der Waals surface area contributed by atoms with Gasteiger partial charge in [0.1, 0.15) is 18.1 Å². The van der Waals surface area contributed by atoms with E-state index in [4.69, 9.17) is 17.2 Å². The summed E-state index contributed by atoms with van der Waals surface area (Å²) < 4.78 is 0. The molecule has 0 spiro atoms. The number of benzene rings is 1. The number of nitrogens with two attached hydrogens (primary N) is 3. The van der Waals surface area contributed by atoms with E-state index in [1.807, 2.05) is 0 Å². The zero-order chi connectivity index (χ0) is 28.8. The first-order chi connectivity index (χ1) is 17.8. The van der Waals surface area contributed by atoms with Gasteiger partial charge in [0.25, 0.3) is 0 Å². The molecule has 0 aromatic heterocycles. The maximum Gasteiger partial charge on any atom is 0.326 e. The van der Waals surface area contributed by atoms with E-state index in [0.717, 1.165) is 0 Å². The van der Waals surface area contributed by atoms with Gasteiger partial charge in [0.15, 0.2) is 0 Å². The fraction of sp³-hybridized carbons (Fsp3) is 0.435. The average Bonchev–Trinajstić information content (AvgIpc) is 2.83. The van der Waals surface area contributed by atoms with Crippen LogP contribution in [-0.4, -0.2) is 75.9 Å². The predicted octanol–water partition coefficient (Wildman–Crippen LogP) is -2.90. The molecule has 38 heavy (non-hydrogen) atoms. The molecule has 208 valence electrons. The molecule has 1 aromatic rings. The van der Waals surface area contributed by atoms with Crippen molar-refractivity contribution in [3.8, 4) is 0 Å². The fourth-order valence-corrected chi connectivity index (χ4v) is 3.24. The normalized spacial score (nSPS) is 13.7. The van der Waals surface area contributed by atoms with Crippen molar-refractivity contribution in [3.63, 3.8) is 0 Å². The molecule has 0 heterocycles. The average molecular weight is 537 g/mol. The number of rotatable bonds is 17. The monoisotopic (exact) mass is 536 g/mol. The van der Waals surface area contributed by atoms with Gasteiger partial charge in [0.2, 0.25) is 29.5 Å². The highest BCUT2D eigenvalue weighted by atomic mass is 16.4. The van der Waals surface area contributed by atoms with E-state index in [1.165, 1.54) is 0 Å². The number of carbonyl (C=O) groups excluding carboxylic acids is 5. The minimum absolute atomic E-state index is 0.0707. The second-order valence-corrected chi connectivity index (χ2v) is 8.43. The molecule has 0 aliphatic heterocycles. The topological polar surface area (TPSA) is 274 Å². The molecule has 0 saturated carbocycles. The molecule has 4 unspecified atom stereocenters. The van der Waals surface area contributed by atoms with Gasteiger partial charge in [-0.25, -0.2) is 4.79 Å². The smallest absolute Gasteiger partial charge is 0.326 e. The van der Waals surface area contributed by atoms with Crippen molar-refractivity contribution in [2.75, 3.05) is 0 Å². The Labute approximate surface area is 217 Å². The maximum atomic E-state index is 13.1. The molecule has 0 aliphatic rings. The molecule has 5 amide bonds. The summed E-state index contributed by atoms with van der Waals surface area (Å²) in [6.45, 7) is 0. The van der Waals surface area contributed by atoms with Gasteiger partial charge < -0.3 is 43.4 Å². The van der Waals surface area contributed by atoms with Crippen LogP contribution in [0.3, 0.4) is 0 Å². The molecule has 15 heteroatoms. The Morgan fingerprint density at radius 2 is 1.21 bits per heavy atom. The van der Waals surface area contributed by atoms with Crippen LogP contribution in [0.4, 0.5) is 0 Å². The number of amides is 5. The summed E-state index contributed by atoms with van der Waals surface area (Å²) in [7, 11) is 0. The molecule has 0 bridgehead atoms. The number of carbonyl (C=O) groups is 7. The molecule has 11 N–H and O–H groups in total. The summed E-state index contributed by atoms with van der Waals surface area (Å²) >= 11 is 0. The summed E-state index contributed by atoms with van der Waals surface area (Å²) in [5, 5.41) is 25.3. The third-order valence-electron chi connectivity index (χ3n) is 5.26. The number of nitrogens with one attached hydrogen (secondary N) is 3. The van der Waals surface area contributed by atoms with Crippen LogP contribution in [0.1, 0.15) is 37.7 Å². The number of carboxylic acids is 2. The van der Waals surface area contributed by atoms with E-state index in [9.17, 15) is 43.8 Å². The van der Waals surface area contributed by atoms with Crippen molar-refractivity contribution < 1.29 is 43.8 Å². The van der Waals surface area contributed by atoms with Crippen LogP contribution < -0.4 is 33.2 Å². The highest BCUT2D eigenvalue weighted by Gasteiger charge is 2.32. The van der Waals surface area contributed by atoms with Crippen molar-refractivity contribution in [3.05, 3.63) is 35.9 Å². The summed E-state index contributed by atoms with van der Waals surface area (Å²) in [4.78, 5) is 83.2. The highest BCUT2D eigenvalue weighted by molar-refractivity contribution is 5.95. The molecule has 0 radical (unpaired) electrons. The van der Waals surface area contributed by atoms with Crippen molar-refractivity contribution in [2.24, 2.45) is 17.2 Å². The lowest BCUT2D eigenvalue weighted by atomic mass is 10.0. The van der Waals surface area contributed by atoms with E-state index in [0.29, 0.717) is 5.56 Å². The van der Waals surface area contributed by atoms with Gasteiger partial charge in [-0.1, -0.05) is 30.3 Å². The molecule has 0 saturated heterocycles.